The molecule has 0 spiro atoms. The number of hydrogen-bond acceptors (Lipinski definition) is 1. The largest absolute Gasteiger partial charge is 0.387 e. The number of halogens is 3. The van der Waals surface area contributed by atoms with Crippen LogP contribution in [0.1, 0.15) is 11.1 Å². The van der Waals surface area contributed by atoms with Gasteiger partial charge in [-0.05, 0) is 23.8 Å². The van der Waals surface area contributed by atoms with Gasteiger partial charge >= 0.3 is 0 Å². The van der Waals surface area contributed by atoms with E-state index in [0.29, 0.717) is 22.3 Å². The summed E-state index contributed by atoms with van der Waals surface area (Å²) in [4.78, 5) is 4.19. The molecule has 0 radical (unpaired) electrons. The second-order valence-electron chi connectivity index (χ2n) is 4.23. The van der Waals surface area contributed by atoms with Gasteiger partial charge in [-0.15, -0.1) is 12.4 Å². The van der Waals surface area contributed by atoms with Crippen LogP contribution in [0.4, 0.5) is 0 Å². The van der Waals surface area contributed by atoms with E-state index < -0.39 is 0 Å². The Bertz CT molecular complexity index is 617. The fourth-order valence-corrected chi connectivity index (χ4v) is 2.25. The molecule has 0 saturated carbocycles. The maximum atomic E-state index is 6.06. The molecule has 110 valence electrons. The minimum atomic E-state index is 0. The predicted molar refractivity (Wildman–Crippen MR) is 94.5 cm³/mol. The first-order valence-corrected chi connectivity index (χ1v) is 6.89. The molecule has 0 bridgehead atoms. The van der Waals surface area contributed by atoms with E-state index in [9.17, 15) is 0 Å². The van der Waals surface area contributed by atoms with Crippen molar-refractivity contribution in [2.24, 2.45) is 10.7 Å². The molecule has 0 aromatic heterocycles. The number of rotatable bonds is 4. The highest BCUT2D eigenvalue weighted by Crippen LogP contribution is 2.25. The predicted octanol–water partition coefficient (Wildman–Crippen LogP) is 4.99. The third kappa shape index (κ3) is 5.43. The molecule has 0 atom stereocenters. The quantitative estimate of drug-likeness (QED) is 0.617. The van der Waals surface area contributed by atoms with Crippen LogP contribution in [0.3, 0.4) is 0 Å². The SMILES string of the molecule is Cl.NC(Cc1ccccc1)=NC=Cc1c(Cl)cccc1Cl. The average molecular weight is 342 g/mol. The zero-order valence-corrected chi connectivity index (χ0v) is 13.5. The fourth-order valence-electron chi connectivity index (χ4n) is 1.73. The van der Waals surface area contributed by atoms with E-state index in [1.165, 1.54) is 0 Å². The van der Waals surface area contributed by atoms with Gasteiger partial charge < -0.3 is 5.73 Å². The molecule has 0 fully saturated rings. The smallest absolute Gasteiger partial charge is 0.103 e. The third-order valence-electron chi connectivity index (χ3n) is 2.71. The number of aliphatic imine (C=N–C) groups is 1. The summed E-state index contributed by atoms with van der Waals surface area (Å²) < 4.78 is 0. The Balaban J connectivity index is 0.00000220. The summed E-state index contributed by atoms with van der Waals surface area (Å²) in [5.74, 6) is 0.538. The Labute approximate surface area is 140 Å². The van der Waals surface area contributed by atoms with Crippen molar-refractivity contribution in [3.8, 4) is 0 Å². The maximum Gasteiger partial charge on any atom is 0.103 e. The van der Waals surface area contributed by atoms with Gasteiger partial charge in [0.15, 0.2) is 0 Å². The summed E-state index contributed by atoms with van der Waals surface area (Å²) >= 11 is 12.1. The third-order valence-corrected chi connectivity index (χ3v) is 3.37. The van der Waals surface area contributed by atoms with Crippen LogP contribution in [-0.2, 0) is 6.42 Å². The van der Waals surface area contributed by atoms with Crippen molar-refractivity contribution in [2.45, 2.75) is 6.42 Å². The molecule has 2 aromatic rings. The summed E-state index contributed by atoms with van der Waals surface area (Å²) in [6.45, 7) is 0. The van der Waals surface area contributed by atoms with E-state index >= 15 is 0 Å². The molecule has 0 aliphatic rings. The van der Waals surface area contributed by atoms with Gasteiger partial charge in [0.25, 0.3) is 0 Å². The Morgan fingerprint density at radius 3 is 2.24 bits per heavy atom. The lowest BCUT2D eigenvalue weighted by molar-refractivity contribution is 1.27. The van der Waals surface area contributed by atoms with Gasteiger partial charge in [-0.2, -0.15) is 0 Å². The Kier molecular flexibility index (Phi) is 7.30. The Morgan fingerprint density at radius 2 is 1.62 bits per heavy atom. The van der Waals surface area contributed by atoms with Crippen molar-refractivity contribution in [3.05, 3.63) is 75.9 Å². The number of nitrogens with two attached hydrogens (primary N) is 1. The second-order valence-corrected chi connectivity index (χ2v) is 5.05. The normalized spacial score (nSPS) is 11.4. The molecule has 0 aliphatic carbocycles. The molecule has 21 heavy (non-hydrogen) atoms. The van der Waals surface area contributed by atoms with E-state index in [-0.39, 0.29) is 12.4 Å². The molecule has 0 saturated heterocycles. The van der Waals surface area contributed by atoms with Crippen LogP contribution in [0.15, 0.2) is 59.7 Å². The minimum Gasteiger partial charge on any atom is -0.387 e. The van der Waals surface area contributed by atoms with Gasteiger partial charge in [-0.25, -0.2) is 4.99 Å². The van der Waals surface area contributed by atoms with Crippen LogP contribution in [0.5, 0.6) is 0 Å². The highest BCUT2D eigenvalue weighted by molar-refractivity contribution is 6.37. The number of benzene rings is 2. The molecular formula is C16H15Cl3N2. The highest BCUT2D eigenvalue weighted by atomic mass is 35.5. The molecule has 0 heterocycles. The van der Waals surface area contributed by atoms with Crippen LogP contribution < -0.4 is 5.73 Å². The number of nitrogens with zero attached hydrogens (tertiary/aromatic N) is 1. The molecule has 2 N–H and O–H groups in total. The summed E-state index contributed by atoms with van der Waals surface area (Å²) in [6.07, 6.45) is 3.98. The Hall–Kier alpha value is -1.48. The van der Waals surface area contributed by atoms with Crippen LogP contribution in [0, 0.1) is 0 Å². The van der Waals surface area contributed by atoms with Gasteiger partial charge in [-0.3, -0.25) is 0 Å². The first-order valence-electron chi connectivity index (χ1n) is 6.13. The topological polar surface area (TPSA) is 38.4 Å². The van der Waals surface area contributed by atoms with Crippen molar-refractivity contribution in [1.82, 2.24) is 0 Å². The standard InChI is InChI=1S/C16H14Cl2N2.ClH/c17-14-7-4-8-15(18)13(14)9-10-20-16(19)11-12-5-2-1-3-6-12;/h1-10H,11H2,(H2,19,20);1H. The van der Waals surface area contributed by atoms with Gasteiger partial charge in [0.2, 0.25) is 0 Å². The van der Waals surface area contributed by atoms with Crippen molar-refractivity contribution >= 4 is 47.5 Å². The lowest BCUT2D eigenvalue weighted by Gasteiger charge is -2.01. The van der Waals surface area contributed by atoms with Crippen molar-refractivity contribution in [3.63, 3.8) is 0 Å². The van der Waals surface area contributed by atoms with Crippen LogP contribution in [0.2, 0.25) is 10.0 Å². The summed E-state index contributed by atoms with van der Waals surface area (Å²) in [7, 11) is 0. The molecule has 2 rings (SSSR count). The first-order chi connectivity index (χ1) is 9.66. The number of hydrogen-bond donors (Lipinski definition) is 1. The van der Waals surface area contributed by atoms with Crippen molar-refractivity contribution in [2.75, 3.05) is 0 Å². The lowest BCUT2D eigenvalue weighted by Crippen LogP contribution is -2.14. The van der Waals surface area contributed by atoms with E-state index in [2.05, 4.69) is 4.99 Å². The second kappa shape index (κ2) is 8.73. The van der Waals surface area contributed by atoms with E-state index in [4.69, 9.17) is 28.9 Å². The van der Waals surface area contributed by atoms with Crippen LogP contribution in [0.25, 0.3) is 6.08 Å². The Morgan fingerprint density at radius 1 is 1.00 bits per heavy atom. The van der Waals surface area contributed by atoms with E-state index in [1.54, 1.807) is 30.5 Å². The highest BCUT2D eigenvalue weighted by Gasteiger charge is 2.00. The summed E-state index contributed by atoms with van der Waals surface area (Å²) in [6, 6.07) is 15.3. The van der Waals surface area contributed by atoms with Gasteiger partial charge in [0.1, 0.15) is 5.84 Å². The van der Waals surface area contributed by atoms with Crippen LogP contribution >= 0.6 is 35.6 Å². The number of amidine groups is 1. The summed E-state index contributed by atoms with van der Waals surface area (Å²) in [5, 5.41) is 1.18. The molecule has 0 amide bonds. The monoisotopic (exact) mass is 340 g/mol. The van der Waals surface area contributed by atoms with E-state index in [1.807, 2.05) is 30.3 Å². The van der Waals surface area contributed by atoms with Gasteiger partial charge in [-0.1, -0.05) is 59.6 Å². The molecule has 5 heteroatoms. The van der Waals surface area contributed by atoms with Crippen molar-refractivity contribution < 1.29 is 0 Å². The van der Waals surface area contributed by atoms with Crippen molar-refractivity contribution in [1.29, 1.82) is 0 Å². The molecule has 0 aliphatic heterocycles. The average Bonchev–Trinajstić information content (AvgIpc) is 2.43. The molecule has 2 nitrogen and oxygen atoms in total. The van der Waals surface area contributed by atoms with Gasteiger partial charge in [0.05, 0.1) is 0 Å². The molecular weight excluding hydrogens is 327 g/mol. The first kappa shape index (κ1) is 17.6. The zero-order chi connectivity index (χ0) is 14.4. The minimum absolute atomic E-state index is 0. The zero-order valence-electron chi connectivity index (χ0n) is 11.2. The fraction of sp³-hybridized carbons (Fsp3) is 0.0625. The summed E-state index contributed by atoms with van der Waals surface area (Å²) in [5.41, 5.74) is 7.74. The maximum absolute atomic E-state index is 6.06. The van der Waals surface area contributed by atoms with E-state index in [0.717, 1.165) is 11.1 Å². The lowest BCUT2D eigenvalue weighted by atomic mass is 10.1. The van der Waals surface area contributed by atoms with Gasteiger partial charge in [0, 0.05) is 28.2 Å². The van der Waals surface area contributed by atoms with Crippen LogP contribution in [-0.4, -0.2) is 5.84 Å². The molecule has 0 unspecified atom stereocenters. The molecule has 2 aromatic carbocycles.